The average Bonchev–Trinajstić information content (AvgIpc) is 3.09. The zero-order valence-electron chi connectivity index (χ0n) is 14.9. The van der Waals surface area contributed by atoms with E-state index in [-0.39, 0.29) is 22.3 Å². The van der Waals surface area contributed by atoms with Gasteiger partial charge in [-0.05, 0) is 37.1 Å². The molecule has 7 nitrogen and oxygen atoms in total. The van der Waals surface area contributed by atoms with E-state index in [1.54, 1.807) is 12.1 Å². The van der Waals surface area contributed by atoms with Crippen LogP contribution in [0.3, 0.4) is 0 Å². The van der Waals surface area contributed by atoms with Crippen molar-refractivity contribution in [2.45, 2.75) is 24.8 Å². The van der Waals surface area contributed by atoms with Crippen LogP contribution in [0.25, 0.3) is 11.1 Å². The van der Waals surface area contributed by atoms with E-state index >= 15 is 0 Å². The number of aromatic nitrogens is 2. The number of benzene rings is 2. The van der Waals surface area contributed by atoms with Gasteiger partial charge in [0.05, 0.1) is 16.8 Å². The van der Waals surface area contributed by atoms with Crippen molar-refractivity contribution >= 4 is 21.6 Å². The lowest BCUT2D eigenvalue weighted by molar-refractivity contribution is 0.0939. The maximum atomic E-state index is 12.7. The highest BCUT2D eigenvalue weighted by atomic mass is 32.2. The molecule has 1 heterocycles. The first kappa shape index (κ1) is 18.7. The number of hydrogen-bond donors (Lipinski definition) is 3. The monoisotopic (exact) mass is 384 g/mol. The summed E-state index contributed by atoms with van der Waals surface area (Å²) in [5, 5.41) is 8.99. The first-order valence-electron chi connectivity index (χ1n) is 8.39. The van der Waals surface area contributed by atoms with E-state index in [4.69, 9.17) is 0 Å². The van der Waals surface area contributed by atoms with E-state index in [9.17, 15) is 13.2 Å². The van der Waals surface area contributed by atoms with Crippen molar-refractivity contribution in [3.05, 3.63) is 66.5 Å². The molecule has 0 bridgehead atoms. The van der Waals surface area contributed by atoms with Crippen LogP contribution >= 0.6 is 0 Å². The molecule has 1 amide bonds. The van der Waals surface area contributed by atoms with Gasteiger partial charge in [0, 0.05) is 6.04 Å². The molecule has 0 atom stereocenters. The van der Waals surface area contributed by atoms with E-state index in [1.807, 2.05) is 44.2 Å². The molecule has 3 N–H and O–H groups in total. The fourth-order valence-corrected chi connectivity index (χ4v) is 3.59. The van der Waals surface area contributed by atoms with Crippen LogP contribution < -0.4 is 10.0 Å². The van der Waals surface area contributed by atoms with Crippen molar-refractivity contribution in [2.24, 2.45) is 0 Å². The molecule has 0 saturated heterocycles. The molecule has 1 aromatic heterocycles. The number of carbonyl (C=O) groups excluding carboxylic acids is 1. The molecule has 0 radical (unpaired) electrons. The van der Waals surface area contributed by atoms with Gasteiger partial charge in [-0.25, -0.2) is 8.42 Å². The number of amides is 1. The smallest absolute Gasteiger partial charge is 0.271 e. The number of anilines is 1. The fraction of sp³-hybridized carbons (Fsp3) is 0.158. The Morgan fingerprint density at radius 3 is 2.26 bits per heavy atom. The lowest BCUT2D eigenvalue weighted by atomic mass is 10.1. The molecule has 0 spiro atoms. The van der Waals surface area contributed by atoms with Gasteiger partial charge in [-0.2, -0.15) is 5.10 Å². The Labute approximate surface area is 157 Å². The number of H-pyrrole nitrogens is 1. The summed E-state index contributed by atoms with van der Waals surface area (Å²) in [6.07, 6.45) is 1.27. The summed E-state index contributed by atoms with van der Waals surface area (Å²) >= 11 is 0. The van der Waals surface area contributed by atoms with Crippen molar-refractivity contribution in [3.8, 4) is 11.1 Å². The Morgan fingerprint density at radius 1 is 1.00 bits per heavy atom. The Morgan fingerprint density at radius 2 is 1.63 bits per heavy atom. The number of aromatic amines is 1. The summed E-state index contributed by atoms with van der Waals surface area (Å²) in [6, 6.07) is 16.1. The minimum atomic E-state index is -3.86. The molecule has 0 fully saturated rings. The van der Waals surface area contributed by atoms with Crippen LogP contribution in [0.5, 0.6) is 0 Å². The Kier molecular flexibility index (Phi) is 5.27. The zero-order chi connectivity index (χ0) is 19.4. The van der Waals surface area contributed by atoms with E-state index in [0.717, 1.165) is 11.1 Å². The van der Waals surface area contributed by atoms with Crippen molar-refractivity contribution in [1.82, 2.24) is 15.5 Å². The predicted octanol–water partition coefficient (Wildman–Crippen LogP) is 3.02. The molecule has 0 aliphatic rings. The standard InChI is InChI=1S/C19H20N4O3S/c1-13(2)21-19(24)18-17(12-20-22-18)23-27(25,26)16-10-8-15(9-11-16)14-6-4-3-5-7-14/h3-13,23H,1-2H3,(H,20,22)(H,21,24). The van der Waals surface area contributed by atoms with Gasteiger partial charge < -0.3 is 5.32 Å². The first-order valence-corrected chi connectivity index (χ1v) is 9.87. The topological polar surface area (TPSA) is 104 Å². The summed E-state index contributed by atoms with van der Waals surface area (Å²) < 4.78 is 27.7. The fourth-order valence-electron chi connectivity index (χ4n) is 2.53. The summed E-state index contributed by atoms with van der Waals surface area (Å²) in [6.45, 7) is 3.62. The van der Waals surface area contributed by atoms with Crippen LogP contribution in [0.4, 0.5) is 5.69 Å². The summed E-state index contributed by atoms with van der Waals surface area (Å²) in [7, 11) is -3.86. The van der Waals surface area contributed by atoms with Crippen molar-refractivity contribution in [1.29, 1.82) is 0 Å². The number of rotatable bonds is 6. The molecule has 27 heavy (non-hydrogen) atoms. The minimum Gasteiger partial charge on any atom is -0.348 e. The van der Waals surface area contributed by atoms with Crippen LogP contribution in [0.2, 0.25) is 0 Å². The van der Waals surface area contributed by atoms with Crippen molar-refractivity contribution in [3.63, 3.8) is 0 Å². The number of nitrogens with zero attached hydrogens (tertiary/aromatic N) is 1. The highest BCUT2D eigenvalue weighted by Crippen LogP contribution is 2.23. The zero-order valence-corrected chi connectivity index (χ0v) is 15.7. The lowest BCUT2D eigenvalue weighted by Gasteiger charge is -2.11. The maximum absolute atomic E-state index is 12.7. The molecule has 3 rings (SSSR count). The Balaban J connectivity index is 1.82. The summed E-state index contributed by atoms with van der Waals surface area (Å²) in [4.78, 5) is 12.2. The van der Waals surface area contributed by atoms with E-state index < -0.39 is 15.9 Å². The predicted molar refractivity (Wildman–Crippen MR) is 104 cm³/mol. The van der Waals surface area contributed by atoms with Gasteiger partial charge in [0.2, 0.25) is 0 Å². The summed E-state index contributed by atoms with van der Waals surface area (Å²) in [5.41, 5.74) is 2.07. The number of nitrogens with one attached hydrogen (secondary N) is 3. The van der Waals surface area contributed by atoms with E-state index in [0.29, 0.717) is 0 Å². The van der Waals surface area contributed by atoms with Crippen LogP contribution in [-0.4, -0.2) is 30.6 Å². The van der Waals surface area contributed by atoms with E-state index in [2.05, 4.69) is 20.2 Å². The van der Waals surface area contributed by atoms with Crippen molar-refractivity contribution < 1.29 is 13.2 Å². The molecule has 0 aliphatic heterocycles. The molecule has 2 aromatic carbocycles. The molecule has 0 saturated carbocycles. The third-order valence-corrected chi connectivity index (χ3v) is 5.18. The molecular weight excluding hydrogens is 364 g/mol. The highest BCUT2D eigenvalue weighted by Gasteiger charge is 2.21. The van der Waals surface area contributed by atoms with Crippen LogP contribution in [0.15, 0.2) is 65.7 Å². The van der Waals surface area contributed by atoms with Gasteiger partial charge in [-0.1, -0.05) is 42.5 Å². The van der Waals surface area contributed by atoms with Gasteiger partial charge in [0.15, 0.2) is 0 Å². The van der Waals surface area contributed by atoms with Gasteiger partial charge >= 0.3 is 0 Å². The van der Waals surface area contributed by atoms with Crippen LogP contribution in [-0.2, 0) is 10.0 Å². The van der Waals surface area contributed by atoms with Crippen LogP contribution in [0, 0.1) is 0 Å². The summed E-state index contributed by atoms with van der Waals surface area (Å²) in [5.74, 6) is -0.431. The lowest BCUT2D eigenvalue weighted by Crippen LogP contribution is -2.31. The normalized spacial score (nSPS) is 11.4. The Hall–Kier alpha value is -3.13. The second kappa shape index (κ2) is 7.63. The first-order chi connectivity index (χ1) is 12.9. The SMILES string of the molecule is CC(C)NC(=O)c1[nH]ncc1NS(=O)(=O)c1ccc(-c2ccccc2)cc1. The number of sulfonamides is 1. The molecule has 0 aliphatic carbocycles. The molecule has 140 valence electrons. The van der Waals surface area contributed by atoms with Gasteiger partial charge in [-0.3, -0.25) is 14.6 Å². The highest BCUT2D eigenvalue weighted by molar-refractivity contribution is 7.92. The molecule has 0 unspecified atom stereocenters. The number of hydrogen-bond acceptors (Lipinski definition) is 4. The molecule has 3 aromatic rings. The third-order valence-electron chi connectivity index (χ3n) is 3.80. The third kappa shape index (κ3) is 4.35. The van der Waals surface area contributed by atoms with Gasteiger partial charge in [0.1, 0.15) is 5.69 Å². The second-order valence-electron chi connectivity index (χ2n) is 6.28. The second-order valence-corrected chi connectivity index (χ2v) is 7.97. The van der Waals surface area contributed by atoms with E-state index in [1.165, 1.54) is 18.3 Å². The maximum Gasteiger partial charge on any atom is 0.271 e. The average molecular weight is 384 g/mol. The van der Waals surface area contributed by atoms with Crippen LogP contribution in [0.1, 0.15) is 24.3 Å². The quantitative estimate of drug-likeness (QED) is 0.608. The molecule has 8 heteroatoms. The Bertz CT molecular complexity index is 1030. The largest absolute Gasteiger partial charge is 0.348 e. The van der Waals surface area contributed by atoms with Gasteiger partial charge in [-0.15, -0.1) is 0 Å². The van der Waals surface area contributed by atoms with Crippen molar-refractivity contribution in [2.75, 3.05) is 4.72 Å². The van der Waals surface area contributed by atoms with Gasteiger partial charge in [0.25, 0.3) is 15.9 Å². The molecular formula is C19H20N4O3S. The number of carbonyl (C=O) groups is 1. The minimum absolute atomic E-state index is 0.0631.